The minimum absolute atomic E-state index is 0.0150. The topological polar surface area (TPSA) is 58.6 Å². The first-order chi connectivity index (χ1) is 14.5. The van der Waals surface area contributed by atoms with Gasteiger partial charge in [0.15, 0.2) is 0 Å². The molecule has 5 nitrogen and oxygen atoms in total. The second-order valence-corrected chi connectivity index (χ2v) is 8.35. The highest BCUT2D eigenvalue weighted by Gasteiger charge is 2.37. The highest BCUT2D eigenvalue weighted by Crippen LogP contribution is 2.36. The van der Waals surface area contributed by atoms with E-state index >= 15 is 0 Å². The quantitative estimate of drug-likeness (QED) is 0.768. The summed E-state index contributed by atoms with van der Waals surface area (Å²) < 4.78 is 5.69. The number of amides is 2. The molecule has 1 fully saturated rings. The molecule has 2 heterocycles. The monoisotopic (exact) mass is 426 g/mol. The molecule has 0 spiro atoms. The number of nitrogens with one attached hydrogen (secondary N) is 1. The number of carbonyl (C=O) groups excluding carboxylic acids is 2. The molecule has 158 valence electrons. The molecule has 0 radical (unpaired) electrons. The van der Waals surface area contributed by atoms with Crippen LogP contribution in [0.25, 0.3) is 0 Å². The Balaban J connectivity index is 1.52. The predicted octanol–water partition coefficient (Wildman–Crippen LogP) is 4.46. The number of benzene rings is 2. The van der Waals surface area contributed by atoms with E-state index in [2.05, 4.69) is 31.3 Å². The van der Waals surface area contributed by atoms with Crippen LogP contribution < -0.4 is 15.0 Å². The molecule has 6 heteroatoms. The van der Waals surface area contributed by atoms with Gasteiger partial charge in [0.1, 0.15) is 5.75 Å². The molecule has 2 aromatic carbocycles. The molecule has 4 rings (SSSR count). The molecule has 0 bridgehead atoms. The van der Waals surface area contributed by atoms with Gasteiger partial charge in [0.2, 0.25) is 11.8 Å². The van der Waals surface area contributed by atoms with Crippen molar-refractivity contribution in [1.29, 1.82) is 0 Å². The number of halogens is 1. The standard InChI is InChI=1S/C24H27ClN2O3/c1-3-15-6-5-7-16(4-2)23(15)27-14-17(12-22(27)28)24(29)26-20-10-11-30-21-9-8-18(25)13-19(20)21/h5-9,13,17,20H,3-4,10-12,14H2,1-2H3,(H,26,29). The summed E-state index contributed by atoms with van der Waals surface area (Å²) in [5, 5.41) is 3.75. The van der Waals surface area contributed by atoms with Gasteiger partial charge in [-0.05, 0) is 42.2 Å². The van der Waals surface area contributed by atoms with Crippen LogP contribution in [0.1, 0.15) is 49.4 Å². The van der Waals surface area contributed by atoms with Gasteiger partial charge in [-0.3, -0.25) is 9.59 Å². The summed E-state index contributed by atoms with van der Waals surface area (Å²) >= 11 is 6.15. The maximum atomic E-state index is 13.1. The molecule has 1 saturated heterocycles. The number of nitrogens with zero attached hydrogens (tertiary/aromatic N) is 1. The summed E-state index contributed by atoms with van der Waals surface area (Å²) in [6.45, 7) is 5.15. The van der Waals surface area contributed by atoms with Crippen LogP contribution in [-0.4, -0.2) is 25.0 Å². The average Bonchev–Trinajstić information content (AvgIpc) is 3.14. The number of fused-ring (bicyclic) bond motifs is 1. The zero-order valence-corrected chi connectivity index (χ0v) is 18.2. The van der Waals surface area contributed by atoms with Gasteiger partial charge in [-0.2, -0.15) is 0 Å². The Morgan fingerprint density at radius 1 is 1.20 bits per heavy atom. The highest BCUT2D eigenvalue weighted by molar-refractivity contribution is 6.30. The molecule has 2 unspecified atom stereocenters. The fraction of sp³-hybridized carbons (Fsp3) is 0.417. The first-order valence-corrected chi connectivity index (χ1v) is 11.0. The fourth-order valence-electron chi connectivity index (χ4n) is 4.47. The lowest BCUT2D eigenvalue weighted by Gasteiger charge is -2.28. The summed E-state index contributed by atoms with van der Waals surface area (Å²) in [6, 6.07) is 11.5. The number of carbonyl (C=O) groups is 2. The number of aryl methyl sites for hydroxylation is 2. The molecular formula is C24H27ClN2O3. The second-order valence-electron chi connectivity index (χ2n) is 7.92. The minimum atomic E-state index is -0.363. The molecule has 2 amide bonds. The molecule has 1 N–H and O–H groups in total. The van der Waals surface area contributed by atoms with Crippen molar-refractivity contribution in [2.75, 3.05) is 18.1 Å². The van der Waals surface area contributed by atoms with Gasteiger partial charge in [-0.1, -0.05) is 43.6 Å². The Morgan fingerprint density at radius 3 is 2.63 bits per heavy atom. The van der Waals surface area contributed by atoms with E-state index in [0.717, 1.165) is 41.0 Å². The number of anilines is 1. The summed E-state index contributed by atoms with van der Waals surface area (Å²) in [7, 11) is 0. The van der Waals surface area contributed by atoms with Gasteiger partial charge < -0.3 is 15.0 Å². The van der Waals surface area contributed by atoms with Gasteiger partial charge in [0, 0.05) is 35.7 Å². The van der Waals surface area contributed by atoms with Gasteiger partial charge >= 0.3 is 0 Å². The maximum Gasteiger partial charge on any atom is 0.227 e. The normalized spacial score (nSPS) is 20.6. The number of ether oxygens (including phenoxy) is 1. The van der Waals surface area contributed by atoms with Crippen LogP contribution in [0.15, 0.2) is 36.4 Å². The van der Waals surface area contributed by atoms with Crippen molar-refractivity contribution >= 4 is 29.1 Å². The van der Waals surface area contributed by atoms with Crippen molar-refractivity contribution in [2.45, 2.75) is 45.6 Å². The van der Waals surface area contributed by atoms with Crippen molar-refractivity contribution in [3.8, 4) is 5.75 Å². The van der Waals surface area contributed by atoms with E-state index in [0.29, 0.717) is 24.6 Å². The number of hydrogen-bond donors (Lipinski definition) is 1. The third kappa shape index (κ3) is 3.91. The fourth-order valence-corrected chi connectivity index (χ4v) is 4.65. The predicted molar refractivity (Wildman–Crippen MR) is 118 cm³/mol. The average molecular weight is 427 g/mol. The zero-order valence-electron chi connectivity index (χ0n) is 17.4. The Morgan fingerprint density at radius 2 is 1.93 bits per heavy atom. The van der Waals surface area contributed by atoms with Crippen molar-refractivity contribution in [1.82, 2.24) is 5.32 Å². The summed E-state index contributed by atoms with van der Waals surface area (Å²) in [4.78, 5) is 27.8. The molecule has 30 heavy (non-hydrogen) atoms. The van der Waals surface area contributed by atoms with Crippen LogP contribution in [-0.2, 0) is 22.4 Å². The summed E-state index contributed by atoms with van der Waals surface area (Å²) in [6.07, 6.45) is 2.62. The lowest BCUT2D eigenvalue weighted by atomic mass is 9.99. The molecule has 2 aliphatic heterocycles. The molecule has 2 aliphatic rings. The Labute approximate surface area is 182 Å². The van der Waals surface area contributed by atoms with Crippen LogP contribution in [0.2, 0.25) is 5.02 Å². The van der Waals surface area contributed by atoms with Crippen molar-refractivity contribution in [2.24, 2.45) is 5.92 Å². The number of para-hydroxylation sites is 1. The molecular weight excluding hydrogens is 400 g/mol. The summed E-state index contributed by atoms with van der Waals surface area (Å²) in [5.74, 6) is 0.319. The first kappa shape index (κ1) is 20.7. The molecule has 0 aromatic heterocycles. The molecule has 2 atom stereocenters. The third-order valence-corrected chi connectivity index (χ3v) is 6.29. The van der Waals surface area contributed by atoms with Crippen LogP contribution in [0.3, 0.4) is 0 Å². The van der Waals surface area contributed by atoms with E-state index in [-0.39, 0.29) is 30.2 Å². The van der Waals surface area contributed by atoms with E-state index in [1.54, 1.807) is 6.07 Å². The molecule has 2 aromatic rings. The minimum Gasteiger partial charge on any atom is -0.493 e. The third-order valence-electron chi connectivity index (χ3n) is 6.06. The van der Waals surface area contributed by atoms with Gasteiger partial charge in [-0.15, -0.1) is 0 Å². The molecule has 0 aliphatic carbocycles. The van der Waals surface area contributed by atoms with Crippen molar-refractivity contribution in [3.63, 3.8) is 0 Å². The van der Waals surface area contributed by atoms with Crippen molar-refractivity contribution in [3.05, 3.63) is 58.1 Å². The van der Waals surface area contributed by atoms with Crippen LogP contribution in [0, 0.1) is 5.92 Å². The summed E-state index contributed by atoms with van der Waals surface area (Å²) in [5.41, 5.74) is 4.19. The lowest BCUT2D eigenvalue weighted by molar-refractivity contribution is -0.127. The van der Waals surface area contributed by atoms with Crippen LogP contribution >= 0.6 is 11.6 Å². The van der Waals surface area contributed by atoms with Gasteiger partial charge in [-0.25, -0.2) is 0 Å². The van der Waals surface area contributed by atoms with Crippen molar-refractivity contribution < 1.29 is 14.3 Å². The highest BCUT2D eigenvalue weighted by atomic mass is 35.5. The number of hydrogen-bond acceptors (Lipinski definition) is 3. The second kappa shape index (κ2) is 8.68. The van der Waals surface area contributed by atoms with E-state index < -0.39 is 0 Å². The van der Waals surface area contributed by atoms with E-state index in [1.165, 1.54) is 0 Å². The lowest BCUT2D eigenvalue weighted by Crippen LogP contribution is -2.37. The van der Waals surface area contributed by atoms with Crippen LogP contribution in [0.4, 0.5) is 5.69 Å². The Bertz CT molecular complexity index is 953. The Kier molecular flexibility index (Phi) is 6.00. The van der Waals surface area contributed by atoms with E-state index in [9.17, 15) is 9.59 Å². The van der Waals surface area contributed by atoms with E-state index in [1.807, 2.05) is 23.1 Å². The zero-order chi connectivity index (χ0) is 21.3. The number of rotatable bonds is 5. The van der Waals surface area contributed by atoms with Gasteiger partial charge in [0.25, 0.3) is 0 Å². The first-order valence-electron chi connectivity index (χ1n) is 10.7. The Hall–Kier alpha value is -2.53. The smallest absolute Gasteiger partial charge is 0.227 e. The van der Waals surface area contributed by atoms with E-state index in [4.69, 9.17) is 16.3 Å². The largest absolute Gasteiger partial charge is 0.493 e. The van der Waals surface area contributed by atoms with Gasteiger partial charge in [0.05, 0.1) is 18.6 Å². The SMILES string of the molecule is CCc1cccc(CC)c1N1CC(C(=O)NC2CCOc3ccc(Cl)cc32)CC1=O. The van der Waals surface area contributed by atoms with Crippen LogP contribution in [0.5, 0.6) is 5.75 Å². The maximum absolute atomic E-state index is 13.1. The molecule has 0 saturated carbocycles.